The summed E-state index contributed by atoms with van der Waals surface area (Å²) in [5, 5.41) is 3.66. The first-order valence-corrected chi connectivity index (χ1v) is 7.67. The Morgan fingerprint density at radius 3 is 2.68 bits per heavy atom. The van der Waals surface area contributed by atoms with E-state index < -0.39 is 0 Å². The van der Waals surface area contributed by atoms with E-state index in [1.165, 1.54) is 19.3 Å². The van der Waals surface area contributed by atoms with Gasteiger partial charge >= 0.3 is 0 Å². The topological polar surface area (TPSA) is 63.8 Å². The molecular formula is C14H23ClN4. The molecule has 1 fully saturated rings. The fourth-order valence-electron chi connectivity index (χ4n) is 2.52. The Balaban J connectivity index is 2.15. The van der Waals surface area contributed by atoms with Crippen LogP contribution in [0.3, 0.4) is 0 Å². The molecule has 3 N–H and O–H groups in total. The molecule has 19 heavy (non-hydrogen) atoms. The highest BCUT2D eigenvalue weighted by Gasteiger charge is 2.20. The fraction of sp³-hybridized carbons (Fsp3) is 0.714. The highest BCUT2D eigenvalue weighted by molar-refractivity contribution is 6.32. The third-order valence-electron chi connectivity index (χ3n) is 3.71. The zero-order valence-electron chi connectivity index (χ0n) is 11.6. The van der Waals surface area contributed by atoms with E-state index in [2.05, 4.69) is 22.2 Å². The smallest absolute Gasteiger partial charge is 0.157 e. The maximum Gasteiger partial charge on any atom is 0.157 e. The summed E-state index contributed by atoms with van der Waals surface area (Å²) in [7, 11) is 0. The molecular weight excluding hydrogens is 260 g/mol. The number of nitrogen functional groups attached to an aromatic ring is 1. The van der Waals surface area contributed by atoms with Gasteiger partial charge in [0.15, 0.2) is 11.0 Å². The second-order valence-corrected chi connectivity index (χ2v) is 5.61. The third-order valence-corrected chi connectivity index (χ3v) is 4.00. The van der Waals surface area contributed by atoms with Gasteiger partial charge in [0.25, 0.3) is 0 Å². The number of unbranched alkanes of at least 4 members (excludes halogenated alkanes) is 1. The average molecular weight is 283 g/mol. The number of nitrogens with two attached hydrogens (primary N) is 1. The molecule has 0 atom stereocenters. The molecule has 0 saturated heterocycles. The minimum absolute atomic E-state index is 0.384. The number of halogens is 1. The van der Waals surface area contributed by atoms with Crippen molar-refractivity contribution in [2.45, 2.75) is 57.8 Å². The first kappa shape index (κ1) is 14.4. The molecule has 0 unspecified atom stereocenters. The number of hydrogen-bond acceptors (Lipinski definition) is 4. The summed E-state index contributed by atoms with van der Waals surface area (Å²) in [5.74, 6) is 2.01. The van der Waals surface area contributed by atoms with Gasteiger partial charge in [-0.2, -0.15) is 0 Å². The number of aromatic nitrogens is 2. The molecule has 1 aromatic rings. The van der Waals surface area contributed by atoms with Crippen molar-refractivity contribution in [1.29, 1.82) is 0 Å². The van der Waals surface area contributed by atoms with Gasteiger partial charge in [-0.3, -0.25) is 0 Å². The minimum Gasteiger partial charge on any atom is -0.393 e. The van der Waals surface area contributed by atoms with Crippen LogP contribution in [0.25, 0.3) is 0 Å². The highest BCUT2D eigenvalue weighted by atomic mass is 35.5. The van der Waals surface area contributed by atoms with Crippen LogP contribution in [-0.2, 0) is 0 Å². The molecule has 1 aliphatic carbocycles. The summed E-state index contributed by atoms with van der Waals surface area (Å²) in [6.45, 7) is 3.03. The quantitative estimate of drug-likeness (QED) is 0.633. The van der Waals surface area contributed by atoms with Gasteiger partial charge in [-0.1, -0.05) is 44.2 Å². The first-order valence-electron chi connectivity index (χ1n) is 7.29. The number of hydrogen-bond donors (Lipinski definition) is 2. The van der Waals surface area contributed by atoms with E-state index in [0.717, 1.165) is 38.1 Å². The van der Waals surface area contributed by atoms with Gasteiger partial charge in [0.2, 0.25) is 0 Å². The first-order chi connectivity index (χ1) is 9.22. The molecule has 0 bridgehead atoms. The number of nitrogens with zero attached hydrogens (tertiary/aromatic N) is 2. The van der Waals surface area contributed by atoms with Crippen molar-refractivity contribution >= 4 is 23.1 Å². The monoisotopic (exact) mass is 282 g/mol. The Morgan fingerprint density at radius 2 is 2.00 bits per heavy atom. The molecule has 1 aliphatic rings. The van der Waals surface area contributed by atoms with E-state index in [1.807, 2.05) is 0 Å². The van der Waals surface area contributed by atoms with Gasteiger partial charge in [-0.05, 0) is 19.3 Å². The Kier molecular flexibility index (Phi) is 5.25. The van der Waals surface area contributed by atoms with Crippen LogP contribution < -0.4 is 11.1 Å². The van der Waals surface area contributed by atoms with Crippen LogP contribution in [0, 0.1) is 0 Å². The largest absolute Gasteiger partial charge is 0.393 e. The number of rotatable bonds is 5. The van der Waals surface area contributed by atoms with Crippen molar-refractivity contribution < 1.29 is 0 Å². The van der Waals surface area contributed by atoms with E-state index in [1.54, 1.807) is 0 Å². The van der Waals surface area contributed by atoms with Crippen LogP contribution in [0.4, 0.5) is 11.5 Å². The number of nitrogens with one attached hydrogen (secondary N) is 1. The molecule has 0 amide bonds. The van der Waals surface area contributed by atoms with Gasteiger partial charge in [0.05, 0.1) is 0 Å². The summed E-state index contributed by atoms with van der Waals surface area (Å²) < 4.78 is 0. The maximum atomic E-state index is 6.13. The summed E-state index contributed by atoms with van der Waals surface area (Å²) in [4.78, 5) is 8.97. The van der Waals surface area contributed by atoms with E-state index in [9.17, 15) is 0 Å². The van der Waals surface area contributed by atoms with Crippen LogP contribution in [0.15, 0.2) is 0 Å². The van der Waals surface area contributed by atoms with Gasteiger partial charge in [0.1, 0.15) is 11.5 Å². The second kappa shape index (κ2) is 6.94. The molecule has 2 rings (SSSR count). The molecule has 1 saturated carbocycles. The van der Waals surface area contributed by atoms with E-state index in [4.69, 9.17) is 17.3 Å². The van der Waals surface area contributed by atoms with Gasteiger partial charge < -0.3 is 11.1 Å². The van der Waals surface area contributed by atoms with Gasteiger partial charge in [0, 0.05) is 12.5 Å². The molecule has 4 nitrogen and oxygen atoms in total. The highest BCUT2D eigenvalue weighted by Crippen LogP contribution is 2.33. The third kappa shape index (κ3) is 3.72. The minimum atomic E-state index is 0.384. The van der Waals surface area contributed by atoms with Crippen molar-refractivity contribution in [3.63, 3.8) is 0 Å². The Bertz CT molecular complexity index is 416. The standard InChI is InChI=1S/C14H23ClN4/c1-2-3-9-17-14-11(16)12(15)18-13(19-14)10-7-5-4-6-8-10/h10H,2-9,16H2,1H3,(H,17,18,19). The van der Waals surface area contributed by atoms with Crippen LogP contribution in [0.5, 0.6) is 0 Å². The maximum absolute atomic E-state index is 6.13. The van der Waals surface area contributed by atoms with E-state index in [-0.39, 0.29) is 0 Å². The van der Waals surface area contributed by atoms with Crippen LogP contribution in [0.2, 0.25) is 5.15 Å². The molecule has 1 aromatic heterocycles. The predicted molar refractivity (Wildman–Crippen MR) is 80.7 cm³/mol. The second-order valence-electron chi connectivity index (χ2n) is 5.25. The van der Waals surface area contributed by atoms with Crippen LogP contribution in [0.1, 0.15) is 63.6 Å². The van der Waals surface area contributed by atoms with Crippen LogP contribution in [-0.4, -0.2) is 16.5 Å². The predicted octanol–water partition coefficient (Wildman–Crippen LogP) is 3.97. The summed E-state index contributed by atoms with van der Waals surface area (Å²) in [6, 6.07) is 0. The molecule has 106 valence electrons. The molecule has 0 aromatic carbocycles. The Morgan fingerprint density at radius 1 is 1.26 bits per heavy atom. The molecule has 5 heteroatoms. The molecule has 0 spiro atoms. The zero-order valence-corrected chi connectivity index (χ0v) is 12.3. The molecule has 0 aliphatic heterocycles. The van der Waals surface area contributed by atoms with E-state index in [0.29, 0.717) is 22.6 Å². The van der Waals surface area contributed by atoms with Gasteiger partial charge in [-0.15, -0.1) is 0 Å². The van der Waals surface area contributed by atoms with Crippen molar-refractivity contribution in [2.75, 3.05) is 17.6 Å². The average Bonchev–Trinajstić information content (AvgIpc) is 2.44. The number of anilines is 2. The van der Waals surface area contributed by atoms with Crippen molar-refractivity contribution in [3.8, 4) is 0 Å². The molecule has 0 radical (unpaired) electrons. The van der Waals surface area contributed by atoms with Crippen molar-refractivity contribution in [3.05, 3.63) is 11.0 Å². The zero-order chi connectivity index (χ0) is 13.7. The Hall–Kier alpha value is -1.03. The normalized spacial score (nSPS) is 16.5. The van der Waals surface area contributed by atoms with Crippen molar-refractivity contribution in [1.82, 2.24) is 9.97 Å². The lowest BCUT2D eigenvalue weighted by molar-refractivity contribution is 0.429. The summed E-state index contributed by atoms with van der Waals surface area (Å²) in [5.41, 5.74) is 6.41. The van der Waals surface area contributed by atoms with Crippen molar-refractivity contribution in [2.24, 2.45) is 0 Å². The summed E-state index contributed by atoms with van der Waals surface area (Å²) in [6.07, 6.45) is 8.40. The Labute approximate surface area is 120 Å². The SMILES string of the molecule is CCCCNc1nc(C2CCCCC2)nc(Cl)c1N. The van der Waals surface area contributed by atoms with Gasteiger partial charge in [-0.25, -0.2) is 9.97 Å². The summed E-state index contributed by atoms with van der Waals surface area (Å²) >= 11 is 6.13. The van der Waals surface area contributed by atoms with Crippen LogP contribution >= 0.6 is 11.6 Å². The fourth-order valence-corrected chi connectivity index (χ4v) is 2.70. The lowest BCUT2D eigenvalue weighted by atomic mass is 9.89. The van der Waals surface area contributed by atoms with E-state index >= 15 is 0 Å². The molecule has 1 heterocycles. The lowest BCUT2D eigenvalue weighted by Crippen LogP contribution is -2.13. The lowest BCUT2D eigenvalue weighted by Gasteiger charge is -2.21.